The number of aliphatic imine (C=N–C) groups is 1. The topological polar surface area (TPSA) is 45.1 Å². The van der Waals surface area contributed by atoms with E-state index in [0.29, 0.717) is 5.02 Å². The van der Waals surface area contributed by atoms with Crippen LogP contribution in [0.25, 0.3) is 0 Å². The van der Waals surface area contributed by atoms with Crippen molar-refractivity contribution in [3.63, 3.8) is 0 Å². The fourth-order valence-electron chi connectivity index (χ4n) is 3.39. The van der Waals surface area contributed by atoms with Crippen molar-refractivity contribution >= 4 is 45.5 Å². The van der Waals surface area contributed by atoms with Gasteiger partial charge >= 0.3 is 0 Å². The molecule has 1 fully saturated rings. The van der Waals surface area contributed by atoms with Gasteiger partial charge in [0.25, 0.3) is 0 Å². The maximum atomic E-state index is 11.2. The predicted molar refractivity (Wildman–Crippen MR) is 108 cm³/mol. The number of nitrogens with zero attached hydrogens (tertiary/aromatic N) is 2. The van der Waals surface area contributed by atoms with Crippen LogP contribution in [-0.2, 0) is 12.1 Å². The average molecular weight is 442 g/mol. The second-order valence-electron chi connectivity index (χ2n) is 5.98. The fourth-order valence-corrected chi connectivity index (χ4v) is 4.89. The van der Waals surface area contributed by atoms with Gasteiger partial charge in [0.05, 0.1) is 5.25 Å². The van der Waals surface area contributed by atoms with E-state index in [0.717, 1.165) is 34.2 Å². The molecule has 0 aromatic heterocycles. The molecular formula is C18H18BrClN2O2S. The lowest BCUT2D eigenvalue weighted by Crippen LogP contribution is -2.44. The van der Waals surface area contributed by atoms with Crippen LogP contribution < -0.4 is 4.74 Å². The smallest absolute Gasteiger partial charge is 0.178 e. The van der Waals surface area contributed by atoms with Crippen LogP contribution in [0.5, 0.6) is 11.5 Å². The Morgan fingerprint density at radius 3 is 2.60 bits per heavy atom. The van der Waals surface area contributed by atoms with Crippen LogP contribution in [0.4, 0.5) is 0 Å². The second kappa shape index (κ2) is 6.83. The standard InChI is InChI=1S/C18H17ClN2O2S.BrH/c1-20-17-21(2)18(22)15-8-7-14(9-11(15)10-16(18)24-17)23-13-5-3-12(19)4-6-13;/h3-9,16,22H,10H2,1-2H3;1H/b20-17-;. The minimum absolute atomic E-state index is 0. The SMILES string of the molecule is Br.C/N=C1\SC2Cc3cc(Oc4ccc(Cl)cc4)ccc3C2(O)N1C. The molecule has 2 aromatic rings. The van der Waals surface area contributed by atoms with Crippen molar-refractivity contribution in [2.45, 2.75) is 17.4 Å². The van der Waals surface area contributed by atoms with Gasteiger partial charge in [-0.25, -0.2) is 0 Å². The molecule has 0 amide bonds. The van der Waals surface area contributed by atoms with Crippen molar-refractivity contribution in [2.24, 2.45) is 4.99 Å². The normalized spacial score (nSPS) is 25.5. The molecule has 0 bridgehead atoms. The molecule has 25 heavy (non-hydrogen) atoms. The first-order chi connectivity index (χ1) is 11.5. The van der Waals surface area contributed by atoms with Crippen molar-refractivity contribution in [3.8, 4) is 11.5 Å². The molecule has 2 aliphatic rings. The summed E-state index contributed by atoms with van der Waals surface area (Å²) in [5, 5.41) is 12.8. The summed E-state index contributed by atoms with van der Waals surface area (Å²) in [6, 6.07) is 13.1. The van der Waals surface area contributed by atoms with Gasteiger partial charge in [-0.3, -0.25) is 4.99 Å². The van der Waals surface area contributed by atoms with E-state index in [1.807, 2.05) is 42.3 Å². The number of hydrogen-bond acceptors (Lipinski definition) is 4. The Kier molecular flexibility index (Phi) is 5.08. The number of amidine groups is 1. The lowest BCUT2D eigenvalue weighted by atomic mass is 10.0. The largest absolute Gasteiger partial charge is 0.457 e. The van der Waals surface area contributed by atoms with E-state index < -0.39 is 5.72 Å². The molecule has 1 N–H and O–H groups in total. The lowest BCUT2D eigenvalue weighted by molar-refractivity contribution is -0.0496. The van der Waals surface area contributed by atoms with Crippen LogP contribution in [0.2, 0.25) is 5.02 Å². The average Bonchev–Trinajstić information content (AvgIpc) is 2.99. The van der Waals surface area contributed by atoms with E-state index in [9.17, 15) is 5.11 Å². The summed E-state index contributed by atoms with van der Waals surface area (Å²) in [5.74, 6) is 1.50. The van der Waals surface area contributed by atoms with Gasteiger partial charge in [0.15, 0.2) is 10.9 Å². The first kappa shape index (κ1) is 18.6. The quantitative estimate of drug-likeness (QED) is 0.748. The molecule has 4 nitrogen and oxygen atoms in total. The Bertz CT molecular complexity index is 830. The van der Waals surface area contributed by atoms with Crippen LogP contribution in [0.15, 0.2) is 47.5 Å². The van der Waals surface area contributed by atoms with Gasteiger partial charge in [0, 0.05) is 24.7 Å². The Hall–Kier alpha value is -1.21. The molecule has 0 saturated carbocycles. The number of fused-ring (bicyclic) bond motifs is 3. The van der Waals surface area contributed by atoms with Crippen molar-refractivity contribution in [1.82, 2.24) is 4.90 Å². The zero-order valence-electron chi connectivity index (χ0n) is 13.8. The van der Waals surface area contributed by atoms with E-state index in [1.165, 1.54) is 0 Å². The zero-order valence-corrected chi connectivity index (χ0v) is 17.1. The van der Waals surface area contributed by atoms with Gasteiger partial charge in [0.2, 0.25) is 0 Å². The summed E-state index contributed by atoms with van der Waals surface area (Å²) < 4.78 is 5.90. The highest BCUT2D eigenvalue weighted by atomic mass is 79.9. The molecule has 1 aliphatic heterocycles. The molecule has 2 aromatic carbocycles. The molecular weight excluding hydrogens is 424 g/mol. The first-order valence-corrected chi connectivity index (χ1v) is 8.94. The fraction of sp³-hybridized carbons (Fsp3) is 0.278. The molecule has 2 unspecified atom stereocenters. The zero-order chi connectivity index (χ0) is 16.9. The highest BCUT2D eigenvalue weighted by Gasteiger charge is 2.55. The molecule has 4 rings (SSSR count). The van der Waals surface area contributed by atoms with Gasteiger partial charge in [-0.05, 0) is 48.4 Å². The predicted octanol–water partition coefficient (Wildman–Crippen LogP) is 4.44. The summed E-state index contributed by atoms with van der Waals surface area (Å²) in [5.41, 5.74) is 1.06. The van der Waals surface area contributed by atoms with Crippen molar-refractivity contribution in [2.75, 3.05) is 14.1 Å². The summed E-state index contributed by atoms with van der Waals surface area (Å²) in [6.07, 6.45) is 0.789. The van der Waals surface area contributed by atoms with E-state index in [1.54, 1.807) is 30.9 Å². The Balaban J connectivity index is 0.00000182. The minimum Gasteiger partial charge on any atom is -0.457 e. The highest BCUT2D eigenvalue weighted by Crippen LogP contribution is 2.51. The third-order valence-electron chi connectivity index (χ3n) is 4.61. The van der Waals surface area contributed by atoms with Gasteiger partial charge in [-0.15, -0.1) is 17.0 Å². The van der Waals surface area contributed by atoms with Crippen molar-refractivity contribution in [3.05, 3.63) is 58.6 Å². The molecule has 0 radical (unpaired) electrons. The monoisotopic (exact) mass is 440 g/mol. The van der Waals surface area contributed by atoms with Gasteiger partial charge in [-0.1, -0.05) is 29.4 Å². The number of aliphatic hydroxyl groups is 1. The van der Waals surface area contributed by atoms with E-state index in [4.69, 9.17) is 16.3 Å². The van der Waals surface area contributed by atoms with Crippen molar-refractivity contribution in [1.29, 1.82) is 0 Å². The maximum absolute atomic E-state index is 11.2. The van der Waals surface area contributed by atoms with Gasteiger partial charge in [-0.2, -0.15) is 0 Å². The van der Waals surface area contributed by atoms with Crippen LogP contribution in [0, 0.1) is 0 Å². The van der Waals surface area contributed by atoms with Crippen LogP contribution in [-0.4, -0.2) is 34.5 Å². The summed E-state index contributed by atoms with van der Waals surface area (Å²) in [7, 11) is 3.65. The number of rotatable bonds is 2. The maximum Gasteiger partial charge on any atom is 0.178 e. The summed E-state index contributed by atoms with van der Waals surface area (Å²) >= 11 is 7.53. The first-order valence-electron chi connectivity index (χ1n) is 7.69. The number of ether oxygens (including phenoxy) is 1. The van der Waals surface area contributed by atoms with Crippen LogP contribution in [0.1, 0.15) is 11.1 Å². The summed E-state index contributed by atoms with van der Waals surface area (Å²) in [4.78, 5) is 6.13. The van der Waals surface area contributed by atoms with Gasteiger partial charge in [0.1, 0.15) is 11.5 Å². The molecule has 0 spiro atoms. The molecule has 132 valence electrons. The molecule has 1 aliphatic carbocycles. The van der Waals surface area contributed by atoms with E-state index in [-0.39, 0.29) is 22.2 Å². The van der Waals surface area contributed by atoms with Crippen LogP contribution in [0.3, 0.4) is 0 Å². The highest BCUT2D eigenvalue weighted by molar-refractivity contribution is 8.93. The molecule has 2 atom stereocenters. The van der Waals surface area contributed by atoms with Crippen molar-refractivity contribution < 1.29 is 9.84 Å². The number of halogens is 2. The third kappa shape index (κ3) is 2.95. The molecule has 1 saturated heterocycles. The van der Waals surface area contributed by atoms with E-state index in [2.05, 4.69) is 4.99 Å². The number of benzene rings is 2. The Labute approximate surface area is 166 Å². The van der Waals surface area contributed by atoms with Gasteiger partial charge < -0.3 is 14.7 Å². The Morgan fingerprint density at radius 1 is 1.24 bits per heavy atom. The summed E-state index contributed by atoms with van der Waals surface area (Å²) in [6.45, 7) is 0. The molecule has 1 heterocycles. The minimum atomic E-state index is -0.992. The second-order valence-corrected chi connectivity index (χ2v) is 7.58. The molecule has 7 heteroatoms. The third-order valence-corrected chi connectivity index (χ3v) is 6.31. The van der Waals surface area contributed by atoms with Crippen LogP contribution >= 0.6 is 40.3 Å². The number of hydrogen-bond donors (Lipinski definition) is 1. The lowest BCUT2D eigenvalue weighted by Gasteiger charge is -2.31. The number of thioether (sulfide) groups is 1. The Morgan fingerprint density at radius 2 is 1.92 bits per heavy atom. The van der Waals surface area contributed by atoms with E-state index >= 15 is 0 Å².